The largest absolute Gasteiger partial charge is 0.493 e. The predicted octanol–water partition coefficient (Wildman–Crippen LogP) is 2.75. The van der Waals surface area contributed by atoms with Crippen LogP contribution >= 0.6 is 11.6 Å². The molecule has 84 valence electrons. The van der Waals surface area contributed by atoms with E-state index in [1.165, 1.54) is 13.2 Å². The molecule has 0 bridgehead atoms. The van der Waals surface area contributed by atoms with Crippen LogP contribution in [0, 0.1) is 5.82 Å². The van der Waals surface area contributed by atoms with Crippen molar-refractivity contribution in [1.82, 2.24) is 0 Å². The lowest BCUT2D eigenvalue weighted by Gasteiger charge is -2.15. The number of hydrogen-bond donors (Lipinski definition) is 1. The summed E-state index contributed by atoms with van der Waals surface area (Å²) in [5.74, 6) is -1.11. The summed E-state index contributed by atoms with van der Waals surface area (Å²) in [6.07, 6.45) is -2.81. The average molecular weight is 240 g/mol. The molecule has 1 atom stereocenters. The topological polar surface area (TPSA) is 35.2 Å². The molecule has 2 N–H and O–H groups in total. The van der Waals surface area contributed by atoms with Gasteiger partial charge in [-0.15, -0.1) is 0 Å². The van der Waals surface area contributed by atoms with Crippen molar-refractivity contribution in [1.29, 1.82) is 0 Å². The normalized spacial score (nSPS) is 13.0. The highest BCUT2D eigenvalue weighted by atomic mass is 35.5. The smallest absolute Gasteiger partial charge is 0.257 e. The Kier molecular flexibility index (Phi) is 3.82. The molecule has 0 spiro atoms. The molecule has 0 radical (unpaired) electrons. The summed E-state index contributed by atoms with van der Waals surface area (Å²) in [7, 11) is 1.17. The quantitative estimate of drug-likeness (QED) is 0.880. The summed E-state index contributed by atoms with van der Waals surface area (Å²) in [6.45, 7) is 0. The van der Waals surface area contributed by atoms with Gasteiger partial charge in [0.25, 0.3) is 6.43 Å². The predicted molar refractivity (Wildman–Crippen MR) is 50.9 cm³/mol. The molecule has 1 aromatic carbocycles. The van der Waals surface area contributed by atoms with E-state index in [1.54, 1.807) is 0 Å². The number of hydrogen-bond acceptors (Lipinski definition) is 2. The van der Waals surface area contributed by atoms with Gasteiger partial charge in [0, 0.05) is 10.6 Å². The zero-order valence-corrected chi connectivity index (χ0v) is 8.56. The van der Waals surface area contributed by atoms with E-state index in [4.69, 9.17) is 17.3 Å². The fourth-order valence-electron chi connectivity index (χ4n) is 1.18. The molecule has 0 aliphatic carbocycles. The maximum absolute atomic E-state index is 13.2. The number of alkyl halides is 2. The minimum absolute atomic E-state index is 0.000556. The van der Waals surface area contributed by atoms with E-state index in [2.05, 4.69) is 4.74 Å². The Morgan fingerprint density at radius 1 is 1.40 bits per heavy atom. The van der Waals surface area contributed by atoms with Gasteiger partial charge in [0.1, 0.15) is 0 Å². The van der Waals surface area contributed by atoms with Crippen molar-refractivity contribution in [2.75, 3.05) is 7.11 Å². The molecule has 6 heteroatoms. The fraction of sp³-hybridized carbons (Fsp3) is 0.333. The summed E-state index contributed by atoms with van der Waals surface area (Å²) >= 11 is 5.53. The zero-order valence-electron chi connectivity index (χ0n) is 7.81. The third kappa shape index (κ3) is 2.54. The zero-order chi connectivity index (χ0) is 11.6. The summed E-state index contributed by atoms with van der Waals surface area (Å²) in [4.78, 5) is 0. The maximum atomic E-state index is 13.2. The highest BCUT2D eigenvalue weighted by Gasteiger charge is 2.24. The number of benzene rings is 1. The molecule has 1 unspecified atom stereocenters. The van der Waals surface area contributed by atoms with Gasteiger partial charge in [-0.2, -0.15) is 0 Å². The molecule has 0 fully saturated rings. The SMILES string of the molecule is COc1c(F)cc(Cl)cc1C(N)C(F)F. The van der Waals surface area contributed by atoms with Crippen LogP contribution in [0.1, 0.15) is 11.6 Å². The van der Waals surface area contributed by atoms with E-state index >= 15 is 0 Å². The molecule has 0 aliphatic rings. The molecule has 1 aromatic rings. The van der Waals surface area contributed by atoms with Gasteiger partial charge >= 0.3 is 0 Å². The van der Waals surface area contributed by atoms with Crippen LogP contribution in [-0.4, -0.2) is 13.5 Å². The maximum Gasteiger partial charge on any atom is 0.257 e. The second-order valence-electron chi connectivity index (χ2n) is 2.87. The molecule has 2 nitrogen and oxygen atoms in total. The van der Waals surface area contributed by atoms with Crippen molar-refractivity contribution < 1.29 is 17.9 Å². The molecule has 0 saturated heterocycles. The molecule has 0 heterocycles. The van der Waals surface area contributed by atoms with Gasteiger partial charge in [-0.25, -0.2) is 13.2 Å². The van der Waals surface area contributed by atoms with Crippen LogP contribution < -0.4 is 10.5 Å². The van der Waals surface area contributed by atoms with E-state index in [1.807, 2.05) is 0 Å². The molecule has 0 amide bonds. The first kappa shape index (κ1) is 12.1. The Morgan fingerprint density at radius 2 is 2.00 bits per heavy atom. The number of halogens is 4. The highest BCUT2D eigenvalue weighted by molar-refractivity contribution is 6.30. The van der Waals surface area contributed by atoms with Gasteiger partial charge < -0.3 is 10.5 Å². The molecule has 0 aliphatic heterocycles. The van der Waals surface area contributed by atoms with Gasteiger partial charge in [-0.05, 0) is 12.1 Å². The lowest BCUT2D eigenvalue weighted by molar-refractivity contribution is 0.115. The van der Waals surface area contributed by atoms with Crippen molar-refractivity contribution in [2.24, 2.45) is 5.73 Å². The van der Waals surface area contributed by atoms with Crippen LogP contribution in [0.3, 0.4) is 0 Å². The Balaban J connectivity index is 3.26. The number of nitrogens with two attached hydrogens (primary N) is 1. The standard InChI is InChI=1S/C9H9ClF3NO/c1-15-8-5(7(14)9(12)13)2-4(10)3-6(8)11/h2-3,7,9H,14H2,1H3. The van der Waals surface area contributed by atoms with Gasteiger partial charge in [0.2, 0.25) is 0 Å². The number of ether oxygens (including phenoxy) is 1. The van der Waals surface area contributed by atoms with E-state index < -0.39 is 18.3 Å². The van der Waals surface area contributed by atoms with Crippen LogP contribution in [0.15, 0.2) is 12.1 Å². The van der Waals surface area contributed by atoms with E-state index in [-0.39, 0.29) is 16.3 Å². The number of methoxy groups -OCH3 is 1. The summed E-state index contributed by atoms with van der Waals surface area (Å²) < 4.78 is 42.6. The summed E-state index contributed by atoms with van der Waals surface area (Å²) in [6, 6.07) is 0.524. The van der Waals surface area contributed by atoms with E-state index in [0.29, 0.717) is 0 Å². The van der Waals surface area contributed by atoms with E-state index in [9.17, 15) is 13.2 Å². The second kappa shape index (κ2) is 4.72. The monoisotopic (exact) mass is 239 g/mol. The minimum Gasteiger partial charge on any atom is -0.493 e. The fourth-order valence-corrected chi connectivity index (χ4v) is 1.39. The minimum atomic E-state index is -2.81. The van der Waals surface area contributed by atoms with Gasteiger partial charge in [0.15, 0.2) is 11.6 Å². The molecular weight excluding hydrogens is 231 g/mol. The van der Waals surface area contributed by atoms with Crippen LogP contribution in [0.4, 0.5) is 13.2 Å². The molecule has 15 heavy (non-hydrogen) atoms. The van der Waals surface area contributed by atoms with E-state index in [0.717, 1.165) is 6.07 Å². The first-order valence-electron chi connectivity index (χ1n) is 4.04. The summed E-state index contributed by atoms with van der Waals surface area (Å²) in [5.41, 5.74) is 5.06. The van der Waals surface area contributed by atoms with Crippen LogP contribution in [-0.2, 0) is 0 Å². The molecular formula is C9H9ClF3NO. The lowest BCUT2D eigenvalue weighted by Crippen LogP contribution is -2.20. The summed E-state index contributed by atoms with van der Waals surface area (Å²) in [5, 5.41) is -0.000556. The second-order valence-corrected chi connectivity index (χ2v) is 3.31. The van der Waals surface area contributed by atoms with Crippen molar-refractivity contribution in [3.05, 3.63) is 28.5 Å². The first-order valence-corrected chi connectivity index (χ1v) is 4.41. The molecule has 1 rings (SSSR count). The average Bonchev–Trinajstić information content (AvgIpc) is 2.15. The first-order chi connectivity index (χ1) is 6.97. The molecule has 0 saturated carbocycles. The van der Waals surface area contributed by atoms with Gasteiger partial charge in [-0.3, -0.25) is 0 Å². The van der Waals surface area contributed by atoms with Crippen molar-refractivity contribution in [3.8, 4) is 5.75 Å². The van der Waals surface area contributed by atoms with Crippen LogP contribution in [0.25, 0.3) is 0 Å². The Labute approximate surface area is 89.8 Å². The third-order valence-electron chi connectivity index (χ3n) is 1.87. The molecule has 0 aromatic heterocycles. The lowest BCUT2D eigenvalue weighted by atomic mass is 10.1. The Hall–Kier alpha value is -0.940. The Morgan fingerprint density at radius 3 is 2.47 bits per heavy atom. The van der Waals surface area contributed by atoms with Gasteiger partial charge in [0.05, 0.1) is 13.2 Å². The highest BCUT2D eigenvalue weighted by Crippen LogP contribution is 2.32. The van der Waals surface area contributed by atoms with Crippen LogP contribution in [0.5, 0.6) is 5.75 Å². The van der Waals surface area contributed by atoms with Crippen LogP contribution in [0.2, 0.25) is 5.02 Å². The van der Waals surface area contributed by atoms with Gasteiger partial charge in [-0.1, -0.05) is 11.6 Å². The van der Waals surface area contributed by atoms with Crippen molar-refractivity contribution in [3.63, 3.8) is 0 Å². The number of rotatable bonds is 3. The third-order valence-corrected chi connectivity index (χ3v) is 2.09. The van der Waals surface area contributed by atoms with Crippen molar-refractivity contribution >= 4 is 11.6 Å². The Bertz CT molecular complexity index is 359. The van der Waals surface area contributed by atoms with Crippen molar-refractivity contribution in [2.45, 2.75) is 12.5 Å².